The number of carbonyl (C=O) groups excluding carboxylic acids is 1. The molecule has 2 aliphatic heterocycles. The second-order valence-corrected chi connectivity index (χ2v) is 5.89. The van der Waals surface area contributed by atoms with Gasteiger partial charge in [0.1, 0.15) is 5.60 Å². The van der Waals surface area contributed by atoms with Gasteiger partial charge in [0.15, 0.2) is 0 Å². The zero-order valence-corrected chi connectivity index (χ0v) is 11.8. The normalized spacial score (nSPS) is 27.6. The van der Waals surface area contributed by atoms with E-state index in [1.165, 1.54) is 0 Å². The van der Waals surface area contributed by atoms with Crippen molar-refractivity contribution in [1.82, 2.24) is 4.90 Å². The standard InChI is InChI=1S/C15H21N3O2/c1-17-9-2-7-15(11-17)8-10-18(14(19)20-15)13-5-3-12(16)4-6-13/h3-6H,2,7-11,16H2,1H3. The molecule has 3 rings (SSSR count). The van der Waals surface area contributed by atoms with Gasteiger partial charge in [-0.25, -0.2) is 4.79 Å². The third-order valence-electron chi connectivity index (χ3n) is 4.25. The first-order valence-electron chi connectivity index (χ1n) is 7.13. The Morgan fingerprint density at radius 3 is 2.60 bits per heavy atom. The van der Waals surface area contributed by atoms with E-state index in [9.17, 15) is 4.79 Å². The maximum atomic E-state index is 12.3. The molecule has 2 heterocycles. The van der Waals surface area contributed by atoms with E-state index in [0.717, 1.165) is 38.0 Å². The van der Waals surface area contributed by atoms with Crippen molar-refractivity contribution in [3.05, 3.63) is 24.3 Å². The lowest BCUT2D eigenvalue weighted by molar-refractivity contribution is -0.0499. The Balaban J connectivity index is 1.74. The van der Waals surface area contributed by atoms with Crippen LogP contribution >= 0.6 is 0 Å². The average molecular weight is 275 g/mol. The van der Waals surface area contributed by atoms with Crippen LogP contribution in [0, 0.1) is 0 Å². The van der Waals surface area contributed by atoms with E-state index in [2.05, 4.69) is 11.9 Å². The lowest BCUT2D eigenvalue weighted by Gasteiger charge is -2.45. The number of amides is 1. The van der Waals surface area contributed by atoms with Gasteiger partial charge in [-0.15, -0.1) is 0 Å². The molecule has 0 bridgehead atoms. The molecule has 1 spiro atoms. The van der Waals surface area contributed by atoms with E-state index in [4.69, 9.17) is 10.5 Å². The number of benzene rings is 1. The molecule has 0 aliphatic carbocycles. The molecule has 1 unspecified atom stereocenters. The maximum absolute atomic E-state index is 12.3. The van der Waals surface area contributed by atoms with Gasteiger partial charge >= 0.3 is 6.09 Å². The third-order valence-corrected chi connectivity index (χ3v) is 4.25. The molecule has 5 nitrogen and oxygen atoms in total. The fourth-order valence-corrected chi connectivity index (χ4v) is 3.20. The number of rotatable bonds is 1. The summed E-state index contributed by atoms with van der Waals surface area (Å²) in [5.41, 5.74) is 6.94. The summed E-state index contributed by atoms with van der Waals surface area (Å²) >= 11 is 0. The molecule has 5 heteroatoms. The minimum absolute atomic E-state index is 0.240. The smallest absolute Gasteiger partial charge is 0.414 e. The van der Waals surface area contributed by atoms with Crippen molar-refractivity contribution in [1.29, 1.82) is 0 Å². The van der Waals surface area contributed by atoms with Gasteiger partial charge in [-0.3, -0.25) is 4.90 Å². The number of anilines is 2. The van der Waals surface area contributed by atoms with Crippen LogP contribution in [0.15, 0.2) is 24.3 Å². The number of piperidine rings is 1. The molecule has 1 atom stereocenters. The monoisotopic (exact) mass is 275 g/mol. The second-order valence-electron chi connectivity index (χ2n) is 5.89. The van der Waals surface area contributed by atoms with E-state index in [1.807, 2.05) is 12.1 Å². The number of likely N-dealkylation sites (tertiary alicyclic amines) is 1. The number of nitrogens with zero attached hydrogens (tertiary/aromatic N) is 2. The molecule has 2 fully saturated rings. The van der Waals surface area contributed by atoms with Crippen LogP contribution in [0.1, 0.15) is 19.3 Å². The van der Waals surface area contributed by atoms with Crippen molar-refractivity contribution in [3.63, 3.8) is 0 Å². The zero-order chi connectivity index (χ0) is 14.2. The van der Waals surface area contributed by atoms with Crippen LogP contribution in [0.25, 0.3) is 0 Å². The molecular weight excluding hydrogens is 254 g/mol. The first-order chi connectivity index (χ1) is 9.58. The van der Waals surface area contributed by atoms with Gasteiger partial charge in [0.25, 0.3) is 0 Å². The van der Waals surface area contributed by atoms with Crippen molar-refractivity contribution < 1.29 is 9.53 Å². The van der Waals surface area contributed by atoms with Crippen molar-refractivity contribution >= 4 is 17.5 Å². The molecule has 0 aromatic heterocycles. The summed E-state index contributed by atoms with van der Waals surface area (Å²) < 4.78 is 5.80. The summed E-state index contributed by atoms with van der Waals surface area (Å²) in [7, 11) is 2.08. The van der Waals surface area contributed by atoms with Crippen molar-refractivity contribution in [2.45, 2.75) is 24.9 Å². The fourth-order valence-electron chi connectivity index (χ4n) is 3.20. The summed E-state index contributed by atoms with van der Waals surface area (Å²) in [6.07, 6.45) is 2.70. The predicted molar refractivity (Wildman–Crippen MR) is 78.8 cm³/mol. The third kappa shape index (κ3) is 2.45. The molecule has 0 saturated carbocycles. The van der Waals surface area contributed by atoms with E-state index in [0.29, 0.717) is 12.2 Å². The van der Waals surface area contributed by atoms with Crippen LogP contribution in [-0.4, -0.2) is 43.3 Å². The van der Waals surface area contributed by atoms with E-state index >= 15 is 0 Å². The van der Waals surface area contributed by atoms with Gasteiger partial charge in [0.2, 0.25) is 0 Å². The van der Waals surface area contributed by atoms with Gasteiger partial charge in [0, 0.05) is 30.9 Å². The molecule has 1 aromatic rings. The summed E-state index contributed by atoms with van der Waals surface area (Å²) in [5.74, 6) is 0. The number of carbonyl (C=O) groups is 1. The van der Waals surface area contributed by atoms with Crippen LogP contribution in [0.3, 0.4) is 0 Å². The molecule has 108 valence electrons. The summed E-state index contributed by atoms with van der Waals surface area (Å²) in [6.45, 7) is 2.63. The Bertz CT molecular complexity index is 502. The quantitative estimate of drug-likeness (QED) is 0.797. The van der Waals surface area contributed by atoms with Gasteiger partial charge in [-0.2, -0.15) is 0 Å². The number of nitrogens with two attached hydrogens (primary N) is 1. The highest BCUT2D eigenvalue weighted by atomic mass is 16.6. The molecule has 1 aromatic carbocycles. The first kappa shape index (κ1) is 13.2. The lowest BCUT2D eigenvalue weighted by atomic mass is 9.88. The number of nitrogen functional groups attached to an aromatic ring is 1. The van der Waals surface area contributed by atoms with Gasteiger partial charge in [-0.05, 0) is 50.7 Å². The Labute approximate surface area is 119 Å². The highest BCUT2D eigenvalue weighted by Crippen LogP contribution is 2.34. The van der Waals surface area contributed by atoms with Crippen molar-refractivity contribution in [3.8, 4) is 0 Å². The number of likely N-dealkylation sites (N-methyl/N-ethyl adjacent to an activating group) is 1. The van der Waals surface area contributed by atoms with Crippen molar-refractivity contribution in [2.75, 3.05) is 37.3 Å². The maximum Gasteiger partial charge on any atom is 0.414 e. The van der Waals surface area contributed by atoms with E-state index < -0.39 is 0 Å². The molecule has 2 aliphatic rings. The molecule has 1 amide bonds. The minimum atomic E-state index is -0.283. The minimum Gasteiger partial charge on any atom is -0.441 e. The fraction of sp³-hybridized carbons (Fsp3) is 0.533. The van der Waals surface area contributed by atoms with Crippen LogP contribution in [0.5, 0.6) is 0 Å². The molecule has 2 N–H and O–H groups in total. The summed E-state index contributed by atoms with van der Waals surface area (Å²) in [5, 5.41) is 0. The Kier molecular flexibility index (Phi) is 3.30. The van der Waals surface area contributed by atoms with Gasteiger partial charge in [0.05, 0.1) is 0 Å². The number of hydrogen-bond acceptors (Lipinski definition) is 4. The van der Waals surface area contributed by atoms with Gasteiger partial charge < -0.3 is 15.4 Å². The molecule has 0 radical (unpaired) electrons. The first-order valence-corrected chi connectivity index (χ1v) is 7.13. The Hall–Kier alpha value is -1.75. The van der Waals surface area contributed by atoms with Crippen LogP contribution < -0.4 is 10.6 Å². The highest BCUT2D eigenvalue weighted by molar-refractivity contribution is 5.88. The lowest BCUT2D eigenvalue weighted by Crippen LogP contribution is -2.56. The Morgan fingerprint density at radius 2 is 1.95 bits per heavy atom. The summed E-state index contributed by atoms with van der Waals surface area (Å²) in [4.78, 5) is 16.3. The van der Waals surface area contributed by atoms with E-state index in [1.54, 1.807) is 17.0 Å². The largest absolute Gasteiger partial charge is 0.441 e. The van der Waals surface area contributed by atoms with Crippen LogP contribution in [0.2, 0.25) is 0 Å². The molecule has 20 heavy (non-hydrogen) atoms. The van der Waals surface area contributed by atoms with Crippen LogP contribution in [-0.2, 0) is 4.74 Å². The topological polar surface area (TPSA) is 58.8 Å². The SMILES string of the molecule is CN1CCCC2(CCN(c3ccc(N)cc3)C(=O)O2)C1. The Morgan fingerprint density at radius 1 is 1.20 bits per heavy atom. The number of hydrogen-bond donors (Lipinski definition) is 1. The predicted octanol–water partition coefficient (Wildman–Crippen LogP) is 2.08. The average Bonchev–Trinajstić information content (AvgIpc) is 2.40. The second kappa shape index (κ2) is 4.98. The zero-order valence-electron chi connectivity index (χ0n) is 11.8. The van der Waals surface area contributed by atoms with Crippen LogP contribution in [0.4, 0.5) is 16.2 Å². The molecule has 2 saturated heterocycles. The summed E-state index contributed by atoms with van der Waals surface area (Å²) in [6, 6.07) is 7.34. The highest BCUT2D eigenvalue weighted by Gasteiger charge is 2.43. The number of ether oxygens (including phenoxy) is 1. The van der Waals surface area contributed by atoms with E-state index in [-0.39, 0.29) is 11.7 Å². The van der Waals surface area contributed by atoms with Gasteiger partial charge in [-0.1, -0.05) is 0 Å². The molecular formula is C15H21N3O2. The van der Waals surface area contributed by atoms with Crippen molar-refractivity contribution in [2.24, 2.45) is 0 Å².